The average molecular weight is 341 g/mol. The van der Waals surface area contributed by atoms with Crippen molar-refractivity contribution in [1.29, 1.82) is 0 Å². The van der Waals surface area contributed by atoms with E-state index in [2.05, 4.69) is 10.2 Å². The summed E-state index contributed by atoms with van der Waals surface area (Å²) in [6.07, 6.45) is 0. The Bertz CT molecular complexity index is 684. The maximum Gasteiger partial charge on any atom is 0.244 e. The number of likely N-dealkylation sites (N-methyl/N-ethyl adjacent to an activating group) is 1. The van der Waals surface area contributed by atoms with Gasteiger partial charge < -0.3 is 20.7 Å². The van der Waals surface area contributed by atoms with E-state index in [1.54, 1.807) is 6.92 Å². The number of hydrogen-bond donors (Lipinski definition) is 2. The normalized spacial score (nSPS) is 13.3. The number of hydrogen-bond acceptors (Lipinski definition) is 4. The van der Waals surface area contributed by atoms with E-state index in [4.69, 9.17) is 10.5 Å². The molecule has 134 valence electrons. The second kappa shape index (κ2) is 8.65. The van der Waals surface area contributed by atoms with Gasteiger partial charge in [-0.2, -0.15) is 0 Å². The van der Waals surface area contributed by atoms with E-state index in [0.717, 1.165) is 23.4 Å². The maximum absolute atomic E-state index is 12.6. The van der Waals surface area contributed by atoms with Crippen molar-refractivity contribution in [3.05, 3.63) is 65.7 Å². The first-order valence-electron chi connectivity index (χ1n) is 8.39. The Balaban J connectivity index is 2.00. The number of ether oxygens (including phenoxy) is 1. The molecule has 2 rings (SSSR count). The summed E-state index contributed by atoms with van der Waals surface area (Å²) in [5.74, 6) is 0.560. The molecule has 0 aliphatic heterocycles. The van der Waals surface area contributed by atoms with Crippen molar-refractivity contribution >= 4 is 5.91 Å². The molecule has 2 aromatic rings. The number of carbonyl (C=O) groups excluding carboxylic acids is 1. The smallest absolute Gasteiger partial charge is 0.244 e. The minimum Gasteiger partial charge on any atom is -0.492 e. The third kappa shape index (κ3) is 5.31. The zero-order chi connectivity index (χ0) is 18.3. The van der Waals surface area contributed by atoms with Gasteiger partial charge in [0.2, 0.25) is 5.91 Å². The van der Waals surface area contributed by atoms with Crippen molar-refractivity contribution in [1.82, 2.24) is 10.2 Å². The summed E-state index contributed by atoms with van der Waals surface area (Å²) in [6.45, 7) is 3.51. The van der Waals surface area contributed by atoms with Crippen molar-refractivity contribution in [3.63, 3.8) is 0 Å². The van der Waals surface area contributed by atoms with Crippen LogP contribution in [-0.4, -0.2) is 38.1 Å². The lowest BCUT2D eigenvalue weighted by Crippen LogP contribution is -2.48. The zero-order valence-electron chi connectivity index (χ0n) is 15.2. The van der Waals surface area contributed by atoms with Gasteiger partial charge in [0.15, 0.2) is 0 Å². The van der Waals surface area contributed by atoms with Gasteiger partial charge in [-0.1, -0.05) is 48.5 Å². The molecule has 0 heterocycles. The predicted octanol–water partition coefficient (Wildman–Crippen LogP) is 2.12. The van der Waals surface area contributed by atoms with Gasteiger partial charge in [-0.15, -0.1) is 0 Å². The minimum absolute atomic E-state index is 0.221. The van der Waals surface area contributed by atoms with E-state index in [9.17, 15) is 4.79 Å². The van der Waals surface area contributed by atoms with Crippen molar-refractivity contribution in [2.75, 3.05) is 27.2 Å². The second-order valence-corrected chi connectivity index (χ2v) is 6.51. The summed E-state index contributed by atoms with van der Waals surface area (Å²) in [7, 11) is 4.00. The standard InChI is InChI=1S/C20H27N3O2/c1-20(21,17-10-5-4-6-11-17)19(24)22-15-16-9-7-8-12-18(16)25-14-13-23(2)3/h4-12H,13-15,21H2,1-3H3,(H,22,24). The van der Waals surface area contributed by atoms with Gasteiger partial charge >= 0.3 is 0 Å². The SMILES string of the molecule is CN(C)CCOc1ccccc1CNC(=O)C(C)(N)c1ccccc1. The summed E-state index contributed by atoms with van der Waals surface area (Å²) in [6, 6.07) is 17.1. The van der Waals surface area contributed by atoms with Crippen LogP contribution in [0.2, 0.25) is 0 Å². The number of para-hydroxylation sites is 1. The fourth-order valence-electron chi connectivity index (χ4n) is 2.40. The fraction of sp³-hybridized carbons (Fsp3) is 0.350. The Morgan fingerprint density at radius 3 is 2.44 bits per heavy atom. The van der Waals surface area contributed by atoms with Crippen LogP contribution in [0.3, 0.4) is 0 Å². The van der Waals surface area contributed by atoms with Crippen molar-refractivity contribution in [2.24, 2.45) is 5.73 Å². The van der Waals surface area contributed by atoms with Crippen LogP contribution >= 0.6 is 0 Å². The highest BCUT2D eigenvalue weighted by atomic mass is 16.5. The maximum atomic E-state index is 12.6. The molecule has 0 fully saturated rings. The van der Waals surface area contributed by atoms with E-state index in [1.165, 1.54) is 0 Å². The monoisotopic (exact) mass is 341 g/mol. The molecule has 0 saturated carbocycles. The molecular formula is C20H27N3O2. The Labute approximate surface area is 149 Å². The molecule has 0 aliphatic carbocycles. The first-order valence-corrected chi connectivity index (χ1v) is 8.39. The summed E-state index contributed by atoms with van der Waals surface area (Å²) in [4.78, 5) is 14.6. The lowest BCUT2D eigenvalue weighted by molar-refractivity contribution is -0.126. The fourth-order valence-corrected chi connectivity index (χ4v) is 2.40. The highest BCUT2D eigenvalue weighted by molar-refractivity contribution is 5.87. The van der Waals surface area contributed by atoms with Crippen LogP contribution in [0.25, 0.3) is 0 Å². The van der Waals surface area contributed by atoms with Crippen molar-refractivity contribution in [2.45, 2.75) is 19.0 Å². The van der Waals surface area contributed by atoms with Crippen LogP contribution in [0.15, 0.2) is 54.6 Å². The van der Waals surface area contributed by atoms with E-state index in [0.29, 0.717) is 13.2 Å². The van der Waals surface area contributed by atoms with Gasteiger partial charge in [-0.05, 0) is 32.6 Å². The Kier molecular flexibility index (Phi) is 6.56. The molecule has 1 atom stereocenters. The molecule has 3 N–H and O–H groups in total. The van der Waals surface area contributed by atoms with Gasteiger partial charge in [0.05, 0.1) is 0 Å². The number of nitrogens with two attached hydrogens (primary N) is 1. The largest absolute Gasteiger partial charge is 0.492 e. The molecular weight excluding hydrogens is 314 g/mol. The van der Waals surface area contributed by atoms with Crippen LogP contribution in [0, 0.1) is 0 Å². The predicted molar refractivity (Wildman–Crippen MR) is 100 cm³/mol. The van der Waals surface area contributed by atoms with Gasteiger partial charge in [0.25, 0.3) is 0 Å². The molecule has 0 bridgehead atoms. The molecule has 0 saturated heterocycles. The Morgan fingerprint density at radius 1 is 1.12 bits per heavy atom. The lowest BCUT2D eigenvalue weighted by atomic mass is 9.92. The van der Waals surface area contributed by atoms with Gasteiger partial charge in [0, 0.05) is 18.7 Å². The highest BCUT2D eigenvalue weighted by Gasteiger charge is 2.30. The number of nitrogens with one attached hydrogen (secondary N) is 1. The first kappa shape index (κ1) is 19.0. The zero-order valence-corrected chi connectivity index (χ0v) is 15.2. The van der Waals surface area contributed by atoms with Crippen LogP contribution in [0.5, 0.6) is 5.75 Å². The summed E-state index contributed by atoms with van der Waals surface area (Å²) < 4.78 is 5.83. The molecule has 5 heteroatoms. The Morgan fingerprint density at radius 2 is 1.76 bits per heavy atom. The molecule has 1 amide bonds. The molecule has 0 radical (unpaired) electrons. The third-order valence-corrected chi connectivity index (χ3v) is 4.05. The molecule has 0 aliphatic rings. The number of rotatable bonds is 8. The summed E-state index contributed by atoms with van der Waals surface area (Å²) in [5, 5.41) is 2.92. The summed E-state index contributed by atoms with van der Waals surface area (Å²) in [5.41, 5.74) is 6.88. The molecule has 2 aromatic carbocycles. The van der Waals surface area contributed by atoms with Gasteiger partial charge in [-0.3, -0.25) is 4.79 Å². The number of nitrogens with zero attached hydrogens (tertiary/aromatic N) is 1. The van der Waals surface area contributed by atoms with Crippen molar-refractivity contribution in [3.8, 4) is 5.75 Å². The van der Waals surface area contributed by atoms with E-state index in [-0.39, 0.29) is 5.91 Å². The number of amides is 1. The quantitative estimate of drug-likeness (QED) is 0.772. The van der Waals surface area contributed by atoms with Crippen LogP contribution in [0.4, 0.5) is 0 Å². The topological polar surface area (TPSA) is 67.6 Å². The van der Waals surface area contributed by atoms with Crippen LogP contribution in [-0.2, 0) is 16.9 Å². The highest BCUT2D eigenvalue weighted by Crippen LogP contribution is 2.20. The Hall–Kier alpha value is -2.37. The van der Waals surface area contributed by atoms with Gasteiger partial charge in [0.1, 0.15) is 17.9 Å². The van der Waals surface area contributed by atoms with Gasteiger partial charge in [-0.25, -0.2) is 0 Å². The molecule has 1 unspecified atom stereocenters. The van der Waals surface area contributed by atoms with Crippen molar-refractivity contribution < 1.29 is 9.53 Å². The van der Waals surface area contributed by atoms with E-state index < -0.39 is 5.54 Å². The van der Waals surface area contributed by atoms with E-state index >= 15 is 0 Å². The lowest BCUT2D eigenvalue weighted by Gasteiger charge is -2.24. The van der Waals surface area contributed by atoms with Crippen LogP contribution < -0.4 is 15.8 Å². The number of carbonyl (C=O) groups is 1. The second-order valence-electron chi connectivity index (χ2n) is 6.51. The molecule has 0 spiro atoms. The van der Waals surface area contributed by atoms with E-state index in [1.807, 2.05) is 68.7 Å². The molecule has 0 aromatic heterocycles. The third-order valence-electron chi connectivity index (χ3n) is 4.05. The first-order chi connectivity index (χ1) is 11.9. The molecule has 25 heavy (non-hydrogen) atoms. The summed E-state index contributed by atoms with van der Waals surface area (Å²) >= 11 is 0. The average Bonchev–Trinajstić information content (AvgIpc) is 2.61. The molecule has 5 nitrogen and oxygen atoms in total. The number of benzene rings is 2. The van der Waals surface area contributed by atoms with Crippen LogP contribution in [0.1, 0.15) is 18.1 Å². The minimum atomic E-state index is -1.08.